The van der Waals surface area contributed by atoms with Crippen molar-refractivity contribution < 1.29 is 14.3 Å². The van der Waals surface area contributed by atoms with Crippen molar-refractivity contribution in [2.75, 3.05) is 12.1 Å². The van der Waals surface area contributed by atoms with Crippen LogP contribution < -0.4 is 20.3 Å². The van der Waals surface area contributed by atoms with Gasteiger partial charge in [-0.1, -0.05) is 0 Å². The van der Waals surface area contributed by atoms with E-state index in [4.69, 9.17) is 9.47 Å². The molecule has 1 aliphatic rings. The highest BCUT2D eigenvalue weighted by Crippen LogP contribution is 2.34. The number of aromatic nitrogens is 2. The number of rotatable bonds is 3. The van der Waals surface area contributed by atoms with Gasteiger partial charge in [0.2, 0.25) is 12.7 Å². The van der Waals surface area contributed by atoms with E-state index in [0.717, 1.165) is 10.4 Å². The van der Waals surface area contributed by atoms with Gasteiger partial charge in [0.25, 0.3) is 5.56 Å². The van der Waals surface area contributed by atoms with E-state index in [9.17, 15) is 9.59 Å². The Morgan fingerprint density at radius 1 is 1.32 bits per heavy atom. The topological polar surface area (TPSA) is 82.5 Å². The molecule has 4 rings (SSSR count). The molecule has 0 bridgehead atoms. The van der Waals surface area contributed by atoms with Crippen molar-refractivity contribution in [1.29, 1.82) is 0 Å². The van der Waals surface area contributed by atoms with Crippen LogP contribution in [-0.4, -0.2) is 22.3 Å². The molecule has 25 heavy (non-hydrogen) atoms. The molecule has 1 amide bonds. The van der Waals surface area contributed by atoms with Crippen LogP contribution in [0.2, 0.25) is 0 Å². The van der Waals surface area contributed by atoms with E-state index in [1.165, 1.54) is 22.2 Å². The molecule has 0 spiro atoms. The number of nitrogens with zero attached hydrogens (tertiary/aromatic N) is 2. The molecule has 0 unspecified atom stereocenters. The van der Waals surface area contributed by atoms with E-state index in [1.807, 2.05) is 13.8 Å². The second kappa shape index (κ2) is 5.89. The van der Waals surface area contributed by atoms with E-state index in [-0.39, 0.29) is 24.8 Å². The summed E-state index contributed by atoms with van der Waals surface area (Å²) in [5, 5.41) is 3.34. The van der Waals surface area contributed by atoms with Crippen LogP contribution in [0.25, 0.3) is 10.2 Å². The smallest absolute Gasteiger partial charge is 0.262 e. The Morgan fingerprint density at radius 3 is 2.96 bits per heavy atom. The van der Waals surface area contributed by atoms with E-state index < -0.39 is 0 Å². The Kier molecular flexibility index (Phi) is 3.69. The van der Waals surface area contributed by atoms with Crippen molar-refractivity contribution in [3.63, 3.8) is 0 Å². The predicted molar refractivity (Wildman–Crippen MR) is 94.5 cm³/mol. The molecule has 1 aliphatic heterocycles. The SMILES string of the molecule is Cc1sc2ncn(CC(=O)Nc3ccc4c(c3)OCO4)c(=O)c2c1C. The molecule has 0 atom stereocenters. The maximum absolute atomic E-state index is 12.6. The highest BCUT2D eigenvalue weighted by Gasteiger charge is 2.16. The largest absolute Gasteiger partial charge is 0.454 e. The maximum atomic E-state index is 12.6. The molecule has 0 saturated heterocycles. The number of hydrogen-bond acceptors (Lipinski definition) is 6. The molecule has 0 fully saturated rings. The first-order chi connectivity index (χ1) is 12.0. The minimum Gasteiger partial charge on any atom is -0.454 e. The fourth-order valence-corrected chi connectivity index (χ4v) is 3.70. The number of hydrogen-bond donors (Lipinski definition) is 1. The third-order valence-electron chi connectivity index (χ3n) is 4.13. The highest BCUT2D eigenvalue weighted by atomic mass is 32.1. The average molecular weight is 357 g/mol. The molecule has 0 saturated carbocycles. The quantitative estimate of drug-likeness (QED) is 0.778. The first-order valence-electron chi connectivity index (χ1n) is 7.67. The van der Waals surface area contributed by atoms with E-state index >= 15 is 0 Å². The summed E-state index contributed by atoms with van der Waals surface area (Å²) < 4.78 is 11.8. The summed E-state index contributed by atoms with van der Waals surface area (Å²) in [5.74, 6) is 0.918. The lowest BCUT2D eigenvalue weighted by atomic mass is 10.2. The van der Waals surface area contributed by atoms with Crippen molar-refractivity contribution in [3.05, 3.63) is 45.3 Å². The Labute approximate surface area is 146 Å². The number of nitrogens with one attached hydrogen (secondary N) is 1. The van der Waals surface area contributed by atoms with Gasteiger partial charge in [-0.3, -0.25) is 14.2 Å². The molecule has 3 aromatic rings. The molecule has 1 aromatic carbocycles. The predicted octanol–water partition coefficient (Wildman–Crippen LogP) is 2.44. The van der Waals surface area contributed by atoms with Crippen LogP contribution in [0.4, 0.5) is 5.69 Å². The number of anilines is 1. The van der Waals surface area contributed by atoms with Gasteiger partial charge in [-0.15, -0.1) is 11.3 Å². The summed E-state index contributed by atoms with van der Waals surface area (Å²) in [6, 6.07) is 5.15. The van der Waals surface area contributed by atoms with Crippen LogP contribution in [-0.2, 0) is 11.3 Å². The minimum absolute atomic E-state index is 0.107. The van der Waals surface area contributed by atoms with Crippen molar-refractivity contribution in [3.8, 4) is 11.5 Å². The van der Waals surface area contributed by atoms with Crippen molar-refractivity contribution >= 4 is 33.1 Å². The van der Waals surface area contributed by atoms with Crippen LogP contribution in [0.5, 0.6) is 11.5 Å². The normalized spacial score (nSPS) is 12.6. The fourth-order valence-electron chi connectivity index (χ4n) is 2.71. The van der Waals surface area contributed by atoms with Gasteiger partial charge in [-0.05, 0) is 31.5 Å². The van der Waals surface area contributed by atoms with Gasteiger partial charge in [0.15, 0.2) is 11.5 Å². The molecular weight excluding hydrogens is 342 g/mol. The van der Waals surface area contributed by atoms with Gasteiger partial charge in [0, 0.05) is 16.6 Å². The van der Waals surface area contributed by atoms with Crippen molar-refractivity contribution in [2.45, 2.75) is 20.4 Å². The number of aryl methyl sites for hydroxylation is 2. The zero-order chi connectivity index (χ0) is 17.6. The number of thiophene rings is 1. The van der Waals surface area contributed by atoms with Gasteiger partial charge in [0.05, 0.1) is 11.7 Å². The Morgan fingerprint density at radius 2 is 2.12 bits per heavy atom. The number of carbonyl (C=O) groups is 1. The first kappa shape index (κ1) is 15.6. The van der Waals surface area contributed by atoms with Gasteiger partial charge >= 0.3 is 0 Å². The molecule has 128 valence electrons. The summed E-state index contributed by atoms with van der Waals surface area (Å²) in [4.78, 5) is 31.0. The van der Waals surface area contributed by atoms with Crippen molar-refractivity contribution in [2.24, 2.45) is 0 Å². The summed E-state index contributed by atoms with van der Waals surface area (Å²) >= 11 is 1.48. The van der Waals surface area contributed by atoms with Crippen LogP contribution in [0, 0.1) is 13.8 Å². The Bertz CT molecular complexity index is 1050. The van der Waals surface area contributed by atoms with E-state index in [1.54, 1.807) is 18.2 Å². The first-order valence-corrected chi connectivity index (χ1v) is 8.49. The molecule has 3 heterocycles. The van der Waals surface area contributed by atoms with Crippen molar-refractivity contribution in [1.82, 2.24) is 9.55 Å². The van der Waals surface area contributed by atoms with Crippen LogP contribution in [0.3, 0.4) is 0 Å². The average Bonchev–Trinajstić information content (AvgIpc) is 3.15. The van der Waals surface area contributed by atoms with Gasteiger partial charge in [-0.25, -0.2) is 4.98 Å². The summed E-state index contributed by atoms with van der Waals surface area (Å²) in [6.45, 7) is 3.92. The zero-order valence-corrected chi connectivity index (χ0v) is 14.5. The number of carbonyl (C=O) groups excluding carboxylic acids is 1. The second-order valence-corrected chi connectivity index (χ2v) is 6.96. The number of ether oxygens (including phenoxy) is 2. The monoisotopic (exact) mass is 357 g/mol. The fraction of sp³-hybridized carbons (Fsp3) is 0.235. The van der Waals surface area contributed by atoms with E-state index in [0.29, 0.717) is 27.4 Å². The van der Waals surface area contributed by atoms with Crippen LogP contribution >= 0.6 is 11.3 Å². The number of fused-ring (bicyclic) bond motifs is 2. The van der Waals surface area contributed by atoms with Crippen LogP contribution in [0.1, 0.15) is 10.4 Å². The molecule has 7 nitrogen and oxygen atoms in total. The summed E-state index contributed by atoms with van der Waals surface area (Å²) in [5.41, 5.74) is 1.30. The molecule has 1 N–H and O–H groups in total. The second-order valence-electron chi connectivity index (χ2n) is 5.76. The Balaban J connectivity index is 1.57. The zero-order valence-electron chi connectivity index (χ0n) is 13.7. The molecule has 2 aromatic heterocycles. The molecular formula is C17H15N3O4S. The summed E-state index contributed by atoms with van der Waals surface area (Å²) in [7, 11) is 0. The standard InChI is InChI=1S/C17H15N3O4S/c1-9-10(2)25-16-15(9)17(22)20(7-18-16)6-14(21)19-11-3-4-12-13(5-11)24-8-23-12/h3-5,7H,6,8H2,1-2H3,(H,19,21). The summed E-state index contributed by atoms with van der Waals surface area (Å²) in [6.07, 6.45) is 1.42. The lowest BCUT2D eigenvalue weighted by molar-refractivity contribution is -0.116. The minimum atomic E-state index is -0.313. The molecule has 0 aliphatic carbocycles. The van der Waals surface area contributed by atoms with Gasteiger partial charge in [-0.2, -0.15) is 0 Å². The number of benzene rings is 1. The highest BCUT2D eigenvalue weighted by molar-refractivity contribution is 7.18. The molecule has 0 radical (unpaired) electrons. The van der Waals surface area contributed by atoms with E-state index in [2.05, 4.69) is 10.3 Å². The lowest BCUT2D eigenvalue weighted by Crippen LogP contribution is -2.27. The maximum Gasteiger partial charge on any atom is 0.262 e. The van der Waals surface area contributed by atoms with Gasteiger partial charge < -0.3 is 14.8 Å². The number of amides is 1. The third kappa shape index (κ3) is 2.74. The molecule has 8 heteroatoms. The van der Waals surface area contributed by atoms with Gasteiger partial charge in [0.1, 0.15) is 11.4 Å². The van der Waals surface area contributed by atoms with Crippen LogP contribution in [0.15, 0.2) is 29.3 Å². The lowest BCUT2D eigenvalue weighted by Gasteiger charge is -2.08. The Hall–Kier alpha value is -2.87. The third-order valence-corrected chi connectivity index (χ3v) is 5.24.